The smallest absolute Gasteiger partial charge is 0.356 e. The van der Waals surface area contributed by atoms with Gasteiger partial charge < -0.3 is 14.8 Å². The predicted octanol–water partition coefficient (Wildman–Crippen LogP) is 4.39. The molecule has 5 heteroatoms. The Morgan fingerprint density at radius 2 is 1.80 bits per heavy atom. The molecule has 0 aliphatic heterocycles. The fraction of sp³-hybridized carbons (Fsp3) is 0.200. The maximum Gasteiger partial charge on any atom is 0.356 e. The van der Waals surface area contributed by atoms with Gasteiger partial charge in [-0.3, -0.25) is 0 Å². The molecule has 1 aromatic heterocycles. The average molecular weight is 336 g/mol. The summed E-state index contributed by atoms with van der Waals surface area (Å²) in [6.45, 7) is 4.12. The minimum atomic E-state index is -0.489. The average Bonchev–Trinajstić information content (AvgIpc) is 2.64. The maximum absolute atomic E-state index is 12.0. The third kappa shape index (κ3) is 3.13. The van der Waals surface area contributed by atoms with Gasteiger partial charge in [0.2, 0.25) is 0 Å². The molecule has 25 heavy (non-hydrogen) atoms. The fourth-order valence-corrected chi connectivity index (χ4v) is 2.73. The van der Waals surface area contributed by atoms with Crippen molar-refractivity contribution in [3.05, 3.63) is 59.3 Å². The van der Waals surface area contributed by atoms with Crippen LogP contribution in [0.1, 0.15) is 21.6 Å². The monoisotopic (exact) mass is 336 g/mol. The van der Waals surface area contributed by atoms with Gasteiger partial charge in [-0.05, 0) is 43.2 Å². The van der Waals surface area contributed by atoms with Gasteiger partial charge in [0.05, 0.1) is 19.9 Å². The van der Waals surface area contributed by atoms with Crippen molar-refractivity contribution in [3.63, 3.8) is 0 Å². The Balaban J connectivity index is 2.22. The second-order valence-electron chi connectivity index (χ2n) is 5.78. The first-order chi connectivity index (χ1) is 12.0. The highest BCUT2D eigenvalue weighted by Gasteiger charge is 2.15. The van der Waals surface area contributed by atoms with Crippen molar-refractivity contribution < 1.29 is 14.3 Å². The first-order valence-electron chi connectivity index (χ1n) is 7.94. The molecule has 0 unspecified atom stereocenters. The zero-order chi connectivity index (χ0) is 18.0. The predicted molar refractivity (Wildman–Crippen MR) is 98.8 cm³/mol. The Morgan fingerprint density at radius 3 is 2.52 bits per heavy atom. The topological polar surface area (TPSA) is 60.5 Å². The molecule has 1 heterocycles. The van der Waals surface area contributed by atoms with Crippen molar-refractivity contribution in [3.8, 4) is 5.75 Å². The summed E-state index contributed by atoms with van der Waals surface area (Å²) in [7, 11) is 2.92. The van der Waals surface area contributed by atoms with E-state index in [9.17, 15) is 4.79 Å². The summed E-state index contributed by atoms with van der Waals surface area (Å²) in [6.07, 6.45) is 0. The Morgan fingerprint density at radius 1 is 1.04 bits per heavy atom. The van der Waals surface area contributed by atoms with E-state index in [2.05, 4.69) is 30.2 Å². The molecular weight excluding hydrogens is 316 g/mol. The summed E-state index contributed by atoms with van der Waals surface area (Å²) >= 11 is 0. The zero-order valence-corrected chi connectivity index (χ0v) is 14.7. The van der Waals surface area contributed by atoms with Crippen LogP contribution in [0, 0.1) is 13.8 Å². The van der Waals surface area contributed by atoms with Gasteiger partial charge in [0.1, 0.15) is 11.3 Å². The second kappa shape index (κ2) is 6.81. The lowest BCUT2D eigenvalue weighted by atomic mass is 10.1. The number of carbonyl (C=O) groups excluding carboxylic acids is 1. The molecule has 3 aromatic rings. The molecule has 5 nitrogen and oxygen atoms in total. The van der Waals surface area contributed by atoms with Crippen molar-refractivity contribution in [2.75, 3.05) is 19.5 Å². The van der Waals surface area contributed by atoms with Gasteiger partial charge in [-0.2, -0.15) is 0 Å². The summed E-state index contributed by atoms with van der Waals surface area (Å²) in [6, 6.07) is 13.4. The molecule has 0 saturated carbocycles. The van der Waals surface area contributed by atoms with Gasteiger partial charge in [-0.1, -0.05) is 24.3 Å². The minimum Gasteiger partial charge on any atom is -0.494 e. The third-order valence-corrected chi connectivity index (χ3v) is 4.29. The first-order valence-corrected chi connectivity index (χ1v) is 7.94. The first kappa shape index (κ1) is 16.8. The number of nitrogens with zero attached hydrogens (tertiary/aromatic N) is 1. The number of anilines is 2. The number of para-hydroxylation sites is 1. The van der Waals surface area contributed by atoms with E-state index >= 15 is 0 Å². The summed E-state index contributed by atoms with van der Waals surface area (Å²) in [5.74, 6) is 0.115. The maximum atomic E-state index is 12.0. The highest BCUT2D eigenvalue weighted by atomic mass is 16.5. The number of ether oxygens (including phenoxy) is 2. The number of fused-ring (bicyclic) bond motifs is 1. The molecule has 2 aromatic carbocycles. The van der Waals surface area contributed by atoms with E-state index < -0.39 is 5.97 Å². The number of aromatic nitrogens is 1. The number of pyridine rings is 1. The number of carbonyl (C=O) groups is 1. The molecule has 3 rings (SSSR count). The number of hydrogen-bond donors (Lipinski definition) is 1. The highest BCUT2D eigenvalue weighted by Crippen LogP contribution is 2.33. The molecule has 0 fully saturated rings. The third-order valence-electron chi connectivity index (χ3n) is 4.29. The lowest BCUT2D eigenvalue weighted by molar-refractivity contribution is 0.0594. The van der Waals surface area contributed by atoms with Crippen LogP contribution in [0.3, 0.4) is 0 Å². The number of nitrogens with one attached hydrogen (secondary N) is 1. The van der Waals surface area contributed by atoms with Crippen LogP contribution in [0.4, 0.5) is 11.4 Å². The molecule has 128 valence electrons. The molecule has 0 amide bonds. The Bertz CT molecular complexity index is 951. The van der Waals surface area contributed by atoms with Gasteiger partial charge in [-0.15, -0.1) is 0 Å². The van der Waals surface area contributed by atoms with Gasteiger partial charge in [0.15, 0.2) is 5.69 Å². The van der Waals surface area contributed by atoms with Crippen LogP contribution >= 0.6 is 0 Å². The van der Waals surface area contributed by atoms with Crippen molar-refractivity contribution in [2.24, 2.45) is 0 Å². The van der Waals surface area contributed by atoms with Gasteiger partial charge in [0.25, 0.3) is 0 Å². The van der Waals surface area contributed by atoms with Crippen LogP contribution in [0.15, 0.2) is 42.5 Å². The Labute approximate surface area is 146 Å². The summed E-state index contributed by atoms with van der Waals surface area (Å²) in [5, 5.41) is 4.29. The normalized spacial score (nSPS) is 10.6. The van der Waals surface area contributed by atoms with Crippen LogP contribution in [-0.4, -0.2) is 25.2 Å². The molecule has 1 N–H and O–H groups in total. The van der Waals surface area contributed by atoms with E-state index in [-0.39, 0.29) is 5.69 Å². The van der Waals surface area contributed by atoms with E-state index in [0.29, 0.717) is 11.3 Å². The Hall–Kier alpha value is -3.08. The quantitative estimate of drug-likeness (QED) is 0.716. The lowest BCUT2D eigenvalue weighted by Crippen LogP contribution is -2.07. The van der Waals surface area contributed by atoms with Gasteiger partial charge >= 0.3 is 5.97 Å². The summed E-state index contributed by atoms with van der Waals surface area (Å²) in [4.78, 5) is 16.4. The van der Waals surface area contributed by atoms with Gasteiger partial charge in [0, 0.05) is 11.1 Å². The number of aryl methyl sites for hydroxylation is 1. The molecule has 0 radical (unpaired) electrons. The summed E-state index contributed by atoms with van der Waals surface area (Å²) < 4.78 is 10.2. The van der Waals surface area contributed by atoms with Crippen LogP contribution in [0.5, 0.6) is 5.75 Å². The van der Waals surface area contributed by atoms with Crippen molar-refractivity contribution in [2.45, 2.75) is 13.8 Å². The van der Waals surface area contributed by atoms with E-state index in [4.69, 9.17) is 9.47 Å². The fourth-order valence-electron chi connectivity index (χ4n) is 2.73. The lowest BCUT2D eigenvalue weighted by Gasteiger charge is -2.15. The Kier molecular flexibility index (Phi) is 4.57. The van der Waals surface area contributed by atoms with E-state index in [1.165, 1.54) is 12.7 Å². The van der Waals surface area contributed by atoms with E-state index in [1.54, 1.807) is 13.2 Å². The number of rotatable bonds is 4. The highest BCUT2D eigenvalue weighted by molar-refractivity contribution is 6.01. The van der Waals surface area contributed by atoms with Crippen LogP contribution < -0.4 is 10.1 Å². The van der Waals surface area contributed by atoms with Crippen LogP contribution in [-0.2, 0) is 4.74 Å². The number of benzene rings is 2. The van der Waals surface area contributed by atoms with Crippen molar-refractivity contribution in [1.82, 2.24) is 4.98 Å². The van der Waals surface area contributed by atoms with Crippen molar-refractivity contribution in [1.29, 1.82) is 0 Å². The summed E-state index contributed by atoms with van der Waals surface area (Å²) in [5.41, 5.74) is 4.93. The molecule has 0 aliphatic rings. The van der Waals surface area contributed by atoms with Crippen molar-refractivity contribution >= 4 is 28.2 Å². The number of esters is 1. The van der Waals surface area contributed by atoms with E-state index in [1.807, 2.05) is 30.3 Å². The minimum absolute atomic E-state index is 0.229. The second-order valence-corrected chi connectivity index (χ2v) is 5.78. The molecule has 0 atom stereocenters. The molecule has 0 bridgehead atoms. The largest absolute Gasteiger partial charge is 0.494 e. The SMILES string of the molecule is COC(=O)c1cc(Nc2cccc(C)c2C)c2cccc(OC)c2n1. The van der Waals surface area contributed by atoms with Crippen LogP contribution in [0.25, 0.3) is 10.9 Å². The van der Waals surface area contributed by atoms with Crippen LogP contribution in [0.2, 0.25) is 0 Å². The molecule has 0 aliphatic carbocycles. The molecule has 0 saturated heterocycles. The van der Waals surface area contributed by atoms with Gasteiger partial charge in [-0.25, -0.2) is 9.78 Å². The molecule has 0 spiro atoms. The standard InChI is InChI=1S/C20H20N2O3/c1-12-7-5-9-15(13(12)2)21-16-11-17(20(23)25-4)22-19-14(16)8-6-10-18(19)24-3/h5-11H,1-4H3,(H,21,22). The van der Waals surface area contributed by atoms with E-state index in [0.717, 1.165) is 22.3 Å². The molecular formula is C20H20N2O3. The number of methoxy groups -OCH3 is 2. The zero-order valence-electron chi connectivity index (χ0n) is 14.7. The number of hydrogen-bond acceptors (Lipinski definition) is 5.